The largest absolute Gasteiger partial charge is 0.339 e. The van der Waals surface area contributed by atoms with E-state index in [0.717, 1.165) is 16.8 Å². The zero-order chi connectivity index (χ0) is 16.0. The van der Waals surface area contributed by atoms with Crippen LogP contribution in [-0.2, 0) is 6.54 Å². The molecule has 0 amide bonds. The van der Waals surface area contributed by atoms with Crippen molar-refractivity contribution < 1.29 is 0 Å². The van der Waals surface area contributed by atoms with E-state index in [1.165, 1.54) is 6.20 Å². The van der Waals surface area contributed by atoms with Gasteiger partial charge < -0.3 is 10.3 Å². The van der Waals surface area contributed by atoms with Crippen LogP contribution in [0.15, 0.2) is 40.2 Å². The van der Waals surface area contributed by atoms with Crippen molar-refractivity contribution in [2.24, 2.45) is 4.99 Å². The van der Waals surface area contributed by atoms with Crippen molar-refractivity contribution in [3.63, 3.8) is 0 Å². The number of rotatable bonds is 2. The van der Waals surface area contributed by atoms with Crippen molar-refractivity contribution >= 4 is 51.7 Å². The van der Waals surface area contributed by atoms with Gasteiger partial charge in [0.1, 0.15) is 11.0 Å². The third-order valence-electron chi connectivity index (χ3n) is 3.70. The number of halogens is 2. The summed E-state index contributed by atoms with van der Waals surface area (Å²) in [5.41, 5.74) is 2.75. The Bertz CT molecular complexity index is 1030. The second-order valence-electron chi connectivity index (χ2n) is 5.19. The fourth-order valence-corrected chi connectivity index (χ4v) is 3.02. The number of benzene rings is 1. The maximum Gasteiger partial charge on any atom is 0.259 e. The molecule has 0 atom stereocenters. The van der Waals surface area contributed by atoms with Crippen molar-refractivity contribution in [3.8, 4) is 0 Å². The Morgan fingerprint density at radius 2 is 2.09 bits per heavy atom. The molecule has 0 aliphatic carbocycles. The average molecular weight is 345 g/mol. The van der Waals surface area contributed by atoms with Crippen LogP contribution in [0.25, 0.3) is 10.8 Å². The smallest absolute Gasteiger partial charge is 0.259 e. The van der Waals surface area contributed by atoms with Gasteiger partial charge in [-0.2, -0.15) is 0 Å². The number of pyridine rings is 2. The summed E-state index contributed by atoms with van der Waals surface area (Å²) in [4.78, 5) is 23.2. The molecule has 0 bridgehead atoms. The number of nitrogens with zero attached hydrogens (tertiary/aromatic N) is 2. The lowest BCUT2D eigenvalue weighted by molar-refractivity contribution is 1.11. The Morgan fingerprint density at radius 1 is 1.22 bits per heavy atom. The van der Waals surface area contributed by atoms with Gasteiger partial charge in [-0.3, -0.25) is 9.79 Å². The minimum atomic E-state index is -0.277. The lowest BCUT2D eigenvalue weighted by Gasteiger charge is -2.11. The predicted molar refractivity (Wildman–Crippen MR) is 93.4 cm³/mol. The van der Waals surface area contributed by atoms with E-state index in [4.69, 9.17) is 23.2 Å². The van der Waals surface area contributed by atoms with Gasteiger partial charge in [0.05, 0.1) is 17.0 Å². The van der Waals surface area contributed by atoms with Crippen molar-refractivity contribution in [2.45, 2.75) is 6.54 Å². The number of H-pyrrole nitrogens is 1. The molecule has 0 radical (unpaired) electrons. The highest BCUT2D eigenvalue weighted by Gasteiger charge is 2.13. The van der Waals surface area contributed by atoms with E-state index in [2.05, 4.69) is 20.3 Å². The first-order valence-corrected chi connectivity index (χ1v) is 7.64. The summed E-state index contributed by atoms with van der Waals surface area (Å²) in [6.45, 7) is 0.654. The van der Waals surface area contributed by atoms with Gasteiger partial charge in [0.25, 0.3) is 5.56 Å². The van der Waals surface area contributed by atoms with Gasteiger partial charge in [-0.05, 0) is 29.3 Å². The number of anilines is 2. The van der Waals surface area contributed by atoms with E-state index in [0.29, 0.717) is 28.2 Å². The normalized spacial score (nSPS) is 12.6. The average Bonchev–Trinajstić information content (AvgIpc) is 2.98. The molecule has 0 fully saturated rings. The van der Waals surface area contributed by atoms with Crippen LogP contribution >= 0.6 is 23.2 Å². The van der Waals surface area contributed by atoms with E-state index in [1.807, 2.05) is 24.4 Å². The highest BCUT2D eigenvalue weighted by atomic mass is 35.5. The molecule has 0 saturated heterocycles. The molecule has 2 aromatic heterocycles. The lowest BCUT2D eigenvalue weighted by Crippen LogP contribution is -2.09. The van der Waals surface area contributed by atoms with Crippen LogP contribution in [0, 0.1) is 0 Å². The third-order valence-corrected chi connectivity index (χ3v) is 4.21. The molecule has 23 heavy (non-hydrogen) atoms. The van der Waals surface area contributed by atoms with E-state index in [-0.39, 0.29) is 10.7 Å². The van der Waals surface area contributed by atoms with Gasteiger partial charge in [0.15, 0.2) is 0 Å². The van der Waals surface area contributed by atoms with Gasteiger partial charge in [0.2, 0.25) is 0 Å². The van der Waals surface area contributed by atoms with Gasteiger partial charge in [-0.25, -0.2) is 4.98 Å². The Morgan fingerprint density at radius 3 is 2.96 bits per heavy atom. The molecule has 1 aliphatic rings. The molecule has 4 rings (SSSR count). The summed E-state index contributed by atoms with van der Waals surface area (Å²) in [7, 11) is 0. The fourth-order valence-electron chi connectivity index (χ4n) is 2.63. The first-order valence-electron chi connectivity index (χ1n) is 6.89. The van der Waals surface area contributed by atoms with Crippen molar-refractivity contribution in [3.05, 3.63) is 62.1 Å². The van der Waals surface area contributed by atoms with E-state index >= 15 is 0 Å². The molecule has 2 N–H and O–H groups in total. The monoisotopic (exact) mass is 344 g/mol. The zero-order valence-electron chi connectivity index (χ0n) is 11.7. The Labute approximate surface area is 141 Å². The lowest BCUT2D eigenvalue weighted by atomic mass is 10.1. The maximum absolute atomic E-state index is 12.2. The number of fused-ring (bicyclic) bond motifs is 2. The standard InChI is InChI=1S/C16H10Cl2N4O/c17-12-7-20-16(23)14-11(12)4-13(18)22-15(14)21-10-2-1-8-5-19-6-9(8)3-10/h1-5,7H,6H2,(H,20,23)(H,21,22). The van der Waals surface area contributed by atoms with Crippen LogP contribution in [0.1, 0.15) is 11.1 Å². The number of aliphatic imine (C=N–C) groups is 1. The predicted octanol–water partition coefficient (Wildman–Crippen LogP) is 3.91. The second kappa shape index (κ2) is 5.37. The summed E-state index contributed by atoms with van der Waals surface area (Å²) in [6, 6.07) is 7.44. The molecule has 0 unspecified atom stereocenters. The van der Waals surface area contributed by atoms with Crippen LogP contribution in [0.5, 0.6) is 0 Å². The topological polar surface area (TPSA) is 70.1 Å². The van der Waals surface area contributed by atoms with E-state index in [1.54, 1.807) is 6.07 Å². The van der Waals surface area contributed by atoms with E-state index < -0.39 is 0 Å². The number of nitrogens with one attached hydrogen (secondary N) is 2. The van der Waals surface area contributed by atoms with Crippen molar-refractivity contribution in [1.82, 2.24) is 9.97 Å². The van der Waals surface area contributed by atoms with Crippen LogP contribution in [0.4, 0.5) is 11.5 Å². The van der Waals surface area contributed by atoms with Gasteiger partial charge in [0, 0.05) is 23.5 Å². The molecule has 114 valence electrons. The zero-order valence-corrected chi connectivity index (χ0v) is 13.2. The first kappa shape index (κ1) is 14.2. The molecule has 5 nitrogen and oxygen atoms in total. The minimum Gasteiger partial charge on any atom is -0.339 e. The summed E-state index contributed by atoms with van der Waals surface area (Å²) >= 11 is 12.2. The summed E-state index contributed by atoms with van der Waals surface area (Å²) < 4.78 is 0. The number of hydrogen-bond donors (Lipinski definition) is 2. The van der Waals surface area contributed by atoms with Crippen LogP contribution in [-0.4, -0.2) is 16.2 Å². The van der Waals surface area contributed by atoms with Crippen molar-refractivity contribution in [1.29, 1.82) is 0 Å². The molecule has 0 spiro atoms. The van der Waals surface area contributed by atoms with Gasteiger partial charge in [-0.1, -0.05) is 29.3 Å². The summed E-state index contributed by atoms with van der Waals surface area (Å²) in [5, 5.41) is 4.76. The van der Waals surface area contributed by atoms with Crippen molar-refractivity contribution in [2.75, 3.05) is 5.32 Å². The van der Waals surface area contributed by atoms with Gasteiger partial charge >= 0.3 is 0 Å². The highest BCUT2D eigenvalue weighted by Crippen LogP contribution is 2.30. The molecular weight excluding hydrogens is 335 g/mol. The van der Waals surface area contributed by atoms with Crippen LogP contribution < -0.4 is 10.9 Å². The van der Waals surface area contributed by atoms with Crippen LogP contribution in [0.2, 0.25) is 10.2 Å². The highest BCUT2D eigenvalue weighted by molar-refractivity contribution is 6.36. The number of aromatic amines is 1. The maximum atomic E-state index is 12.2. The molecule has 1 aliphatic heterocycles. The number of aromatic nitrogens is 2. The molecule has 3 heterocycles. The minimum absolute atomic E-state index is 0.261. The number of hydrogen-bond acceptors (Lipinski definition) is 4. The SMILES string of the molecule is O=c1[nH]cc(Cl)c2cc(Cl)nc(Nc3ccc4c(c3)CN=C4)c12. The Balaban J connectivity index is 1.86. The van der Waals surface area contributed by atoms with Gasteiger partial charge in [-0.15, -0.1) is 0 Å². The first-order chi connectivity index (χ1) is 11.1. The Kier molecular flexibility index (Phi) is 3.32. The molecule has 3 aromatic rings. The third kappa shape index (κ3) is 2.48. The fraction of sp³-hybridized carbons (Fsp3) is 0.0625. The second-order valence-corrected chi connectivity index (χ2v) is 5.98. The van der Waals surface area contributed by atoms with Crippen LogP contribution in [0.3, 0.4) is 0 Å². The summed E-state index contributed by atoms with van der Waals surface area (Å²) in [6.07, 6.45) is 3.29. The molecule has 1 aromatic carbocycles. The molecule has 7 heteroatoms. The quantitative estimate of drug-likeness (QED) is 0.692. The van der Waals surface area contributed by atoms with E-state index in [9.17, 15) is 4.79 Å². The molecular formula is C16H10Cl2N4O. The Hall–Kier alpha value is -2.37. The molecule has 0 saturated carbocycles. The summed E-state index contributed by atoms with van der Waals surface area (Å²) in [5.74, 6) is 0.370.